The number of imidazole rings is 3. The molecule has 0 amide bonds. The van der Waals surface area contributed by atoms with E-state index in [0.717, 1.165) is 12.8 Å². The van der Waals surface area contributed by atoms with Gasteiger partial charge < -0.3 is 87.6 Å². The number of ketones is 2. The van der Waals surface area contributed by atoms with E-state index in [2.05, 4.69) is 44.9 Å². The SMILES string of the molecule is CC(=O)CCCOCCCOP(=O)(O)CO[C@H](C)Cn1cnc2c(N)ncnc21.CC(=O)COCCCOP(=O)(O)CO[C@H](C)Cn1cnc2c(N)ncnc21.CCCCOP(=O)(O)CO[C@H](C)Cn1cnc2c(N)ncnc21. The minimum absolute atomic E-state index is 0.0247. The molecule has 0 bridgehead atoms. The van der Waals surface area contributed by atoms with Crippen molar-refractivity contribution in [1.82, 2.24) is 58.6 Å². The topological polar surface area (TPSA) is 429 Å². The van der Waals surface area contributed by atoms with E-state index in [4.69, 9.17) is 54.5 Å². The van der Waals surface area contributed by atoms with E-state index in [1.165, 1.54) is 32.8 Å². The van der Waals surface area contributed by atoms with Gasteiger partial charge in [0.15, 0.2) is 40.2 Å². The number of hydrogen-bond acceptors (Lipinski definition) is 25. The van der Waals surface area contributed by atoms with Gasteiger partial charge in [-0.15, -0.1) is 0 Å². The van der Waals surface area contributed by atoms with Gasteiger partial charge in [-0.2, -0.15) is 0 Å². The van der Waals surface area contributed by atoms with E-state index in [-0.39, 0.29) is 75.1 Å². The van der Waals surface area contributed by atoms with E-state index in [1.807, 2.05) is 6.92 Å². The van der Waals surface area contributed by atoms with Crippen LogP contribution in [-0.2, 0) is 80.2 Å². The van der Waals surface area contributed by atoms with Gasteiger partial charge in [0.1, 0.15) is 67.0 Å². The summed E-state index contributed by atoms with van der Waals surface area (Å²) in [4.78, 5) is 87.4. The van der Waals surface area contributed by atoms with Gasteiger partial charge in [0.25, 0.3) is 0 Å². The summed E-state index contributed by atoms with van der Waals surface area (Å²) >= 11 is 0. The first kappa shape index (κ1) is 66.2. The van der Waals surface area contributed by atoms with Crippen molar-refractivity contribution < 1.29 is 75.2 Å². The number of carbonyl (C=O) groups excluding carboxylic acids is 2. The first-order chi connectivity index (χ1) is 37.5. The quantitative estimate of drug-likeness (QED) is 0.0236. The van der Waals surface area contributed by atoms with Gasteiger partial charge in [-0.1, -0.05) is 13.3 Å². The van der Waals surface area contributed by atoms with Gasteiger partial charge in [0, 0.05) is 26.2 Å². The average Bonchev–Trinajstić information content (AvgIpc) is 4.18. The smallest absolute Gasteiger partial charge is 0.353 e. The lowest BCUT2D eigenvalue weighted by molar-refractivity contribution is -0.121. The van der Waals surface area contributed by atoms with Crippen molar-refractivity contribution in [2.45, 2.75) is 118 Å². The second kappa shape index (κ2) is 33.4. The first-order valence-electron chi connectivity index (χ1n) is 25.1. The Morgan fingerprint density at radius 2 is 0.848 bits per heavy atom. The van der Waals surface area contributed by atoms with E-state index in [9.17, 15) is 38.0 Å². The molecule has 0 radical (unpaired) electrons. The van der Waals surface area contributed by atoms with Crippen LogP contribution in [0.2, 0.25) is 0 Å². The molecule has 34 heteroatoms. The van der Waals surface area contributed by atoms with Crippen molar-refractivity contribution in [2.24, 2.45) is 0 Å². The summed E-state index contributed by atoms with van der Waals surface area (Å²) in [6.07, 6.45) is 10.2. The second-order valence-corrected chi connectivity index (χ2v) is 23.3. The van der Waals surface area contributed by atoms with Gasteiger partial charge in [-0.05, 0) is 60.3 Å². The maximum atomic E-state index is 12.1. The van der Waals surface area contributed by atoms with Crippen LogP contribution in [0.3, 0.4) is 0 Å². The maximum Gasteiger partial charge on any atom is 0.353 e. The number of carbonyl (C=O) groups is 2. The van der Waals surface area contributed by atoms with Crippen molar-refractivity contribution in [2.75, 3.05) is 82.5 Å². The van der Waals surface area contributed by atoms with E-state index in [0.29, 0.717) is 104 Å². The van der Waals surface area contributed by atoms with E-state index >= 15 is 0 Å². The Morgan fingerprint density at radius 1 is 0.506 bits per heavy atom. The van der Waals surface area contributed by atoms with Crippen LogP contribution in [0.4, 0.5) is 17.5 Å². The highest BCUT2D eigenvalue weighted by molar-refractivity contribution is 7.53. The molecule has 0 fully saturated rings. The molecule has 6 rings (SSSR count). The molecule has 31 nitrogen and oxygen atoms in total. The van der Waals surface area contributed by atoms with Crippen molar-refractivity contribution in [3.05, 3.63) is 38.0 Å². The second-order valence-electron chi connectivity index (χ2n) is 17.9. The van der Waals surface area contributed by atoms with Crippen LogP contribution in [0.25, 0.3) is 33.5 Å². The number of nitrogens with two attached hydrogens (primary N) is 3. The number of fused-ring (bicyclic) bond motifs is 3. The summed E-state index contributed by atoms with van der Waals surface area (Å²) < 4.78 is 82.8. The molecule has 0 aliphatic carbocycles. The summed E-state index contributed by atoms with van der Waals surface area (Å²) in [6, 6.07) is 0. The largest absolute Gasteiger partial charge is 0.382 e. The lowest BCUT2D eigenvalue weighted by atomic mass is 10.2. The number of nitrogen functional groups attached to an aromatic ring is 3. The molecule has 0 aliphatic heterocycles. The van der Waals surface area contributed by atoms with Crippen molar-refractivity contribution in [1.29, 1.82) is 0 Å². The lowest BCUT2D eigenvalue weighted by Crippen LogP contribution is -2.17. The zero-order valence-electron chi connectivity index (χ0n) is 45.2. The molecule has 9 N–H and O–H groups in total. The van der Waals surface area contributed by atoms with Gasteiger partial charge in [-0.25, -0.2) is 44.9 Å². The number of Topliss-reactive ketones (excluding diaryl/α,β-unsaturated/α-hetero) is 2. The van der Waals surface area contributed by atoms with Crippen molar-refractivity contribution in [3.63, 3.8) is 0 Å². The van der Waals surface area contributed by atoms with Gasteiger partial charge in [0.2, 0.25) is 0 Å². The molecule has 6 atom stereocenters. The van der Waals surface area contributed by atoms with Crippen LogP contribution >= 0.6 is 22.8 Å². The Labute approximate surface area is 456 Å². The van der Waals surface area contributed by atoms with Crippen molar-refractivity contribution >= 4 is 85.3 Å². The summed E-state index contributed by atoms with van der Waals surface area (Å²) in [6.45, 7) is 13.0. The number of rotatable bonds is 35. The highest BCUT2D eigenvalue weighted by Crippen LogP contribution is 2.44. The number of ether oxygens (including phenoxy) is 5. The molecule has 3 unspecified atom stereocenters. The number of aromatic nitrogens is 12. The Kier molecular flexibility index (Phi) is 28.0. The zero-order chi connectivity index (χ0) is 58.0. The van der Waals surface area contributed by atoms with Crippen LogP contribution in [0.15, 0.2) is 38.0 Å². The fraction of sp³-hybridized carbons (Fsp3) is 0.622. The summed E-state index contributed by atoms with van der Waals surface area (Å²) in [5, 5.41) is 0. The Bertz CT molecular complexity index is 2970. The molecule has 0 aromatic carbocycles. The summed E-state index contributed by atoms with van der Waals surface area (Å²) in [5.74, 6) is 0.940. The van der Waals surface area contributed by atoms with Crippen LogP contribution in [0.5, 0.6) is 0 Å². The lowest BCUT2D eigenvalue weighted by Gasteiger charge is -2.17. The van der Waals surface area contributed by atoms with E-state index in [1.54, 1.807) is 53.5 Å². The number of anilines is 3. The standard InChI is InChI=1S/C17H28N5O6P.C15H24N5O6P.C13H22N5O4P/c1-13(23)5-3-6-26-7-4-8-28-29(24,25)12-27-14(2)9-22-11-21-15-16(18)19-10-20-17(15)22;1-11(21)7-24-4-3-5-26-27(22,23)10-25-12(2)6-20-9-19-13-14(16)17-8-18-15(13)20;1-3-4-5-22-23(19,20)9-21-10(2)6-18-8-17-11-12(14)15-7-16-13(11)18/h10-11,14H,3-9,12H2,1-2H3,(H,24,25)(H2,18,19,20);8-9,12H,3-7,10H2,1-2H3,(H,22,23)(H2,16,17,18);7-8,10H,3-6,9H2,1-2H3,(H,19,20)(H2,14,15,16)/t14-;12-;10-/m111/s1. The fourth-order valence-corrected chi connectivity index (χ4v) is 9.49. The first-order valence-corrected chi connectivity index (χ1v) is 30.4. The predicted molar refractivity (Wildman–Crippen MR) is 289 cm³/mol. The Hall–Kier alpha value is -5.36. The predicted octanol–water partition coefficient (Wildman–Crippen LogP) is 4.49. The highest BCUT2D eigenvalue weighted by atomic mass is 31.2. The molecule has 0 saturated carbocycles. The van der Waals surface area contributed by atoms with Crippen LogP contribution in [0.1, 0.15) is 80.1 Å². The van der Waals surface area contributed by atoms with Crippen LogP contribution in [0, 0.1) is 0 Å². The highest BCUT2D eigenvalue weighted by Gasteiger charge is 2.24. The van der Waals surface area contributed by atoms with Crippen molar-refractivity contribution in [3.8, 4) is 0 Å². The molecule has 0 aliphatic rings. The third-order valence-electron chi connectivity index (χ3n) is 10.6. The van der Waals surface area contributed by atoms with Crippen LogP contribution in [-0.4, -0.2) is 168 Å². The molecular weight excluding hydrogens is 1100 g/mol. The Morgan fingerprint density at radius 3 is 1.19 bits per heavy atom. The van der Waals surface area contributed by atoms with Crippen LogP contribution < -0.4 is 17.2 Å². The molecule has 440 valence electrons. The van der Waals surface area contributed by atoms with Gasteiger partial charge in [-0.3, -0.25) is 18.5 Å². The number of hydrogen-bond donors (Lipinski definition) is 6. The molecular formula is C45H74N15O16P3. The maximum absolute atomic E-state index is 12.1. The minimum atomic E-state index is -3.88. The van der Waals surface area contributed by atoms with E-state index < -0.39 is 35.5 Å². The Balaban J connectivity index is 0.000000257. The number of unbranched alkanes of at least 4 members (excludes halogenated alkanes) is 1. The molecule has 0 spiro atoms. The fourth-order valence-electron chi connectivity index (χ4n) is 6.69. The zero-order valence-corrected chi connectivity index (χ0v) is 47.9. The molecule has 6 aromatic heterocycles. The van der Waals surface area contributed by atoms with Gasteiger partial charge >= 0.3 is 22.8 Å². The molecule has 6 aromatic rings. The molecule has 6 heterocycles. The minimum Gasteiger partial charge on any atom is -0.382 e. The summed E-state index contributed by atoms with van der Waals surface area (Å²) in [7, 11) is -11.4. The third kappa shape index (κ3) is 24.5. The molecule has 79 heavy (non-hydrogen) atoms. The average molecular weight is 1170 g/mol. The third-order valence-corrected chi connectivity index (χ3v) is 13.8. The number of nitrogens with zero attached hydrogens (tertiary/aromatic N) is 12. The monoisotopic (exact) mass is 1170 g/mol. The normalized spacial score (nSPS) is 15.1. The summed E-state index contributed by atoms with van der Waals surface area (Å²) in [5.41, 5.74) is 20.5. The molecule has 0 saturated heterocycles. The van der Waals surface area contributed by atoms with Gasteiger partial charge in [0.05, 0.1) is 76.7 Å².